The normalized spacial score (nSPS) is 23.1. The number of amides is 2. The van der Waals surface area contributed by atoms with Crippen LogP contribution in [0.2, 0.25) is 0 Å². The molecule has 2 saturated heterocycles. The maximum Gasteiger partial charge on any atom is 0.274 e. The lowest BCUT2D eigenvalue weighted by molar-refractivity contribution is -0.132. The summed E-state index contributed by atoms with van der Waals surface area (Å²) in [5.41, 5.74) is 6.33. The second-order valence-electron chi connectivity index (χ2n) is 11.2. The summed E-state index contributed by atoms with van der Waals surface area (Å²) in [4.78, 5) is 34.5. The van der Waals surface area contributed by atoms with Crippen molar-refractivity contribution in [3.05, 3.63) is 46.3 Å². The maximum atomic E-state index is 13.5. The van der Waals surface area contributed by atoms with Crippen molar-refractivity contribution >= 4 is 17.5 Å². The van der Waals surface area contributed by atoms with E-state index >= 15 is 0 Å². The summed E-state index contributed by atoms with van der Waals surface area (Å²) in [5.74, 6) is 0.837. The molecule has 2 amide bonds. The van der Waals surface area contributed by atoms with Gasteiger partial charge in [0.2, 0.25) is 5.91 Å². The molecule has 2 aliphatic carbocycles. The van der Waals surface area contributed by atoms with Gasteiger partial charge in [-0.15, -0.1) is 0 Å². The van der Waals surface area contributed by atoms with E-state index < -0.39 is 6.43 Å². The predicted octanol–water partition coefficient (Wildman–Crippen LogP) is 2.53. The molecule has 4 aliphatic rings. The molecule has 1 aromatic heterocycles. The topological polar surface area (TPSA) is 64.9 Å². The number of aromatic nitrogens is 2. The number of aryl methyl sites for hydroxylation is 1. The molecular formula is C28H36F2N6O2. The molecule has 1 aromatic carbocycles. The number of carbonyl (C=O) groups excluding carboxylic acids is 2. The van der Waals surface area contributed by atoms with Crippen LogP contribution in [0, 0.1) is 19.8 Å². The molecule has 0 radical (unpaired) electrons. The maximum absolute atomic E-state index is 13.5. The van der Waals surface area contributed by atoms with Crippen molar-refractivity contribution in [3.63, 3.8) is 0 Å². The van der Waals surface area contributed by atoms with E-state index in [4.69, 9.17) is 5.10 Å². The van der Waals surface area contributed by atoms with Crippen LogP contribution in [0.5, 0.6) is 0 Å². The van der Waals surface area contributed by atoms with Crippen molar-refractivity contribution < 1.29 is 18.4 Å². The van der Waals surface area contributed by atoms with Crippen LogP contribution in [0.1, 0.15) is 45.2 Å². The van der Waals surface area contributed by atoms with Gasteiger partial charge >= 0.3 is 0 Å². The van der Waals surface area contributed by atoms with Crippen molar-refractivity contribution in [2.24, 2.45) is 5.92 Å². The molecule has 38 heavy (non-hydrogen) atoms. The lowest BCUT2D eigenvalue weighted by atomic mass is 10.1. The molecule has 3 heterocycles. The van der Waals surface area contributed by atoms with Gasteiger partial charge < -0.3 is 14.7 Å². The average molecular weight is 527 g/mol. The van der Waals surface area contributed by atoms with Crippen molar-refractivity contribution in [1.29, 1.82) is 0 Å². The summed E-state index contributed by atoms with van der Waals surface area (Å²) >= 11 is 0. The fraction of sp³-hybridized carbons (Fsp3) is 0.607. The molecule has 204 valence electrons. The van der Waals surface area contributed by atoms with Gasteiger partial charge in [0.15, 0.2) is 5.69 Å². The predicted molar refractivity (Wildman–Crippen MR) is 140 cm³/mol. The number of piperazine rings is 2. The van der Waals surface area contributed by atoms with E-state index in [2.05, 4.69) is 36.9 Å². The zero-order valence-corrected chi connectivity index (χ0v) is 22.2. The minimum Gasteiger partial charge on any atom is -0.368 e. The fourth-order valence-electron chi connectivity index (χ4n) is 6.46. The highest BCUT2D eigenvalue weighted by Crippen LogP contribution is 2.57. The number of hydrogen-bond donors (Lipinski definition) is 0. The highest BCUT2D eigenvalue weighted by atomic mass is 19.3. The number of rotatable bonds is 6. The Morgan fingerprint density at radius 2 is 1.71 bits per heavy atom. The number of halogens is 2. The van der Waals surface area contributed by atoms with Crippen LogP contribution in [0.25, 0.3) is 0 Å². The third kappa shape index (κ3) is 4.67. The Kier molecular flexibility index (Phi) is 6.62. The highest BCUT2D eigenvalue weighted by molar-refractivity contribution is 5.95. The summed E-state index contributed by atoms with van der Waals surface area (Å²) in [7, 11) is 0. The van der Waals surface area contributed by atoms with Crippen LogP contribution in [0.3, 0.4) is 0 Å². The lowest BCUT2D eigenvalue weighted by Crippen LogP contribution is -2.50. The Bertz CT molecular complexity index is 1230. The fourth-order valence-corrected chi connectivity index (χ4v) is 6.46. The molecule has 10 heteroatoms. The summed E-state index contributed by atoms with van der Waals surface area (Å²) in [6.07, 6.45) is -0.416. The molecule has 0 unspecified atom stereocenters. The molecule has 0 N–H and O–H groups in total. The van der Waals surface area contributed by atoms with E-state index in [0.29, 0.717) is 56.8 Å². The van der Waals surface area contributed by atoms with Gasteiger partial charge in [0.25, 0.3) is 12.3 Å². The molecular weight excluding hydrogens is 490 g/mol. The summed E-state index contributed by atoms with van der Waals surface area (Å²) < 4.78 is 27.3. The number of hydrogen-bond acceptors (Lipinski definition) is 5. The minimum absolute atomic E-state index is 0.0381. The molecule has 2 aliphatic heterocycles. The van der Waals surface area contributed by atoms with Crippen LogP contribution in [0.4, 0.5) is 14.5 Å². The van der Waals surface area contributed by atoms with Gasteiger partial charge in [0, 0.05) is 69.3 Å². The third-order valence-corrected chi connectivity index (χ3v) is 8.94. The van der Waals surface area contributed by atoms with Gasteiger partial charge in [-0.3, -0.25) is 19.2 Å². The molecule has 1 saturated carbocycles. The Hall–Kier alpha value is -3.01. The summed E-state index contributed by atoms with van der Waals surface area (Å²) in [5, 5.41) is 4.70. The van der Waals surface area contributed by atoms with E-state index in [0.717, 1.165) is 37.2 Å². The Balaban J connectivity index is 1.11. The van der Waals surface area contributed by atoms with Gasteiger partial charge in [-0.25, -0.2) is 8.78 Å². The van der Waals surface area contributed by atoms with Crippen LogP contribution in [0.15, 0.2) is 18.2 Å². The zero-order valence-electron chi connectivity index (χ0n) is 22.2. The molecule has 3 fully saturated rings. The van der Waals surface area contributed by atoms with Gasteiger partial charge in [0.1, 0.15) is 6.54 Å². The average Bonchev–Trinajstić information content (AvgIpc) is 3.43. The van der Waals surface area contributed by atoms with Gasteiger partial charge in [-0.2, -0.15) is 5.10 Å². The van der Waals surface area contributed by atoms with Crippen molar-refractivity contribution in [1.82, 2.24) is 24.5 Å². The van der Waals surface area contributed by atoms with E-state index in [9.17, 15) is 18.4 Å². The number of benzene rings is 1. The Labute approximate surface area is 222 Å². The quantitative estimate of drug-likeness (QED) is 0.579. The minimum atomic E-state index is -2.37. The van der Waals surface area contributed by atoms with Crippen LogP contribution in [-0.2, 0) is 17.8 Å². The van der Waals surface area contributed by atoms with Gasteiger partial charge in [-0.1, -0.05) is 12.1 Å². The van der Waals surface area contributed by atoms with Crippen LogP contribution >= 0.6 is 0 Å². The number of fused-ring (bicyclic) bond motifs is 3. The third-order valence-electron chi connectivity index (χ3n) is 8.94. The second-order valence-corrected chi connectivity index (χ2v) is 11.2. The van der Waals surface area contributed by atoms with Gasteiger partial charge in [0.05, 0.1) is 6.54 Å². The monoisotopic (exact) mass is 526 g/mol. The molecule has 0 spiro atoms. The van der Waals surface area contributed by atoms with E-state index in [-0.39, 0.29) is 24.9 Å². The van der Waals surface area contributed by atoms with Crippen molar-refractivity contribution in [3.8, 4) is 0 Å². The smallest absolute Gasteiger partial charge is 0.274 e. The number of alkyl halides is 2. The molecule has 8 nitrogen and oxygen atoms in total. The van der Waals surface area contributed by atoms with E-state index in [1.165, 1.54) is 16.8 Å². The molecule has 2 aromatic rings. The SMILES string of the molecule is Cc1cccc(N2CCN(C(=O)Cn3nc(C(=O)N4CCN(CC(F)F)CC4)c4c3C[C@H]3C[C@@H]43)CC2)c1C. The molecule has 6 rings (SSSR count). The number of nitrogens with zero attached hydrogens (tertiary/aromatic N) is 6. The first kappa shape index (κ1) is 25.3. The first-order valence-corrected chi connectivity index (χ1v) is 13.8. The van der Waals surface area contributed by atoms with Gasteiger partial charge in [-0.05, 0) is 55.7 Å². The first-order chi connectivity index (χ1) is 18.3. The molecule has 2 atom stereocenters. The zero-order chi connectivity index (χ0) is 26.6. The van der Waals surface area contributed by atoms with Crippen LogP contribution in [-0.4, -0.2) is 102 Å². The Morgan fingerprint density at radius 3 is 2.42 bits per heavy atom. The number of anilines is 1. The number of carbonyl (C=O) groups is 2. The van der Waals surface area contributed by atoms with Crippen molar-refractivity contribution in [2.75, 3.05) is 63.8 Å². The van der Waals surface area contributed by atoms with E-state index in [1.807, 2.05) is 4.90 Å². The summed E-state index contributed by atoms with van der Waals surface area (Å²) in [6.45, 7) is 8.80. The standard InChI is InChI=1S/C28H36F2N6O2/c1-18-4-3-5-22(19(18)2)33-10-12-34(13-11-33)25(37)17-36-23-15-20-14-21(20)26(23)27(31-36)28(38)35-8-6-32(7-9-35)16-24(29)30/h3-5,20-21,24H,6-17H2,1-2H3/t20-,21-/m1/s1. The first-order valence-electron chi connectivity index (χ1n) is 13.8. The summed E-state index contributed by atoms with van der Waals surface area (Å²) in [6, 6.07) is 6.35. The largest absolute Gasteiger partial charge is 0.368 e. The van der Waals surface area contributed by atoms with Crippen molar-refractivity contribution in [2.45, 2.75) is 45.6 Å². The van der Waals surface area contributed by atoms with Crippen LogP contribution < -0.4 is 4.90 Å². The lowest BCUT2D eigenvalue weighted by Gasteiger charge is -2.37. The van der Waals surface area contributed by atoms with E-state index in [1.54, 1.807) is 14.5 Å². The molecule has 0 bridgehead atoms. The highest BCUT2D eigenvalue weighted by Gasteiger charge is 2.50. The Morgan fingerprint density at radius 1 is 1.00 bits per heavy atom. The second kappa shape index (κ2) is 9.94.